The SMILES string of the molecule is C=CCOC(=O)C(C(C)=O)[C@@H](NC(=O)OC)c1cccc(C(F)(F)F)c1. The number of alkyl carbamates (subject to hydrolysis) is 1. The largest absolute Gasteiger partial charge is 0.461 e. The van der Waals surface area contributed by atoms with Gasteiger partial charge in [-0.25, -0.2) is 4.79 Å². The van der Waals surface area contributed by atoms with Gasteiger partial charge in [0, 0.05) is 0 Å². The number of esters is 1. The standard InChI is InChI=1S/C17H18F3NO5/c1-4-8-26-15(23)13(10(2)22)14(21-16(24)25-3)11-6-5-7-12(9-11)17(18,19)20/h4-7,9,13-14H,1,8H2,2-3H3,(H,21,24)/t13?,14-/m0/s1. The van der Waals surface area contributed by atoms with E-state index < -0.39 is 41.5 Å². The molecule has 2 atom stereocenters. The first kappa shape index (κ1) is 21.2. The number of amides is 1. The van der Waals surface area contributed by atoms with Crippen LogP contribution in [-0.4, -0.2) is 31.6 Å². The molecule has 1 amide bonds. The number of alkyl halides is 3. The minimum absolute atomic E-state index is 0.0963. The van der Waals surface area contributed by atoms with Crippen molar-refractivity contribution in [1.82, 2.24) is 5.32 Å². The predicted molar refractivity (Wildman–Crippen MR) is 85.1 cm³/mol. The van der Waals surface area contributed by atoms with Gasteiger partial charge in [0.25, 0.3) is 0 Å². The van der Waals surface area contributed by atoms with Gasteiger partial charge in [-0.3, -0.25) is 9.59 Å². The minimum Gasteiger partial charge on any atom is -0.461 e. The van der Waals surface area contributed by atoms with E-state index in [4.69, 9.17) is 4.74 Å². The lowest BCUT2D eigenvalue weighted by Crippen LogP contribution is -2.41. The molecule has 0 radical (unpaired) electrons. The van der Waals surface area contributed by atoms with Crippen molar-refractivity contribution in [2.24, 2.45) is 5.92 Å². The van der Waals surface area contributed by atoms with Gasteiger partial charge < -0.3 is 14.8 Å². The Balaban J connectivity index is 3.37. The van der Waals surface area contributed by atoms with Crippen molar-refractivity contribution in [3.8, 4) is 0 Å². The third-order valence-corrected chi connectivity index (χ3v) is 3.40. The molecule has 0 saturated carbocycles. The van der Waals surface area contributed by atoms with E-state index in [2.05, 4.69) is 16.6 Å². The highest BCUT2D eigenvalue weighted by Crippen LogP contribution is 2.33. The first-order chi connectivity index (χ1) is 12.1. The molecule has 0 heterocycles. The number of benzene rings is 1. The lowest BCUT2D eigenvalue weighted by Gasteiger charge is -2.25. The normalized spacial score (nSPS) is 13.3. The van der Waals surface area contributed by atoms with Crippen molar-refractivity contribution in [2.75, 3.05) is 13.7 Å². The van der Waals surface area contributed by atoms with Crippen molar-refractivity contribution in [2.45, 2.75) is 19.1 Å². The molecule has 26 heavy (non-hydrogen) atoms. The fourth-order valence-electron chi connectivity index (χ4n) is 2.22. The van der Waals surface area contributed by atoms with E-state index >= 15 is 0 Å². The summed E-state index contributed by atoms with van der Waals surface area (Å²) in [5.74, 6) is -3.26. The first-order valence-electron chi connectivity index (χ1n) is 7.41. The van der Waals surface area contributed by atoms with Gasteiger partial charge in [0.2, 0.25) is 0 Å². The maximum Gasteiger partial charge on any atom is 0.416 e. The number of hydrogen-bond acceptors (Lipinski definition) is 5. The predicted octanol–water partition coefficient (Wildman–Crippen LogP) is 3.04. The Morgan fingerprint density at radius 3 is 2.46 bits per heavy atom. The van der Waals surface area contributed by atoms with Crippen molar-refractivity contribution < 1.29 is 37.0 Å². The van der Waals surface area contributed by atoms with E-state index in [-0.39, 0.29) is 12.2 Å². The van der Waals surface area contributed by atoms with Crippen LogP contribution in [0.5, 0.6) is 0 Å². The molecule has 0 aromatic heterocycles. The molecule has 6 nitrogen and oxygen atoms in total. The van der Waals surface area contributed by atoms with Crippen LogP contribution in [0.1, 0.15) is 24.1 Å². The highest BCUT2D eigenvalue weighted by Gasteiger charge is 2.38. The number of nitrogens with one attached hydrogen (secondary N) is 1. The Labute approximate surface area is 148 Å². The van der Waals surface area contributed by atoms with E-state index in [1.54, 1.807) is 0 Å². The summed E-state index contributed by atoms with van der Waals surface area (Å²) in [6.07, 6.45) is -4.39. The minimum atomic E-state index is -4.64. The van der Waals surface area contributed by atoms with Crippen molar-refractivity contribution in [1.29, 1.82) is 0 Å². The number of hydrogen-bond donors (Lipinski definition) is 1. The zero-order valence-corrected chi connectivity index (χ0v) is 14.1. The highest BCUT2D eigenvalue weighted by atomic mass is 19.4. The van der Waals surface area contributed by atoms with Crippen molar-refractivity contribution >= 4 is 17.8 Å². The first-order valence-corrected chi connectivity index (χ1v) is 7.41. The maximum atomic E-state index is 13.0. The van der Waals surface area contributed by atoms with Crippen LogP contribution in [0.2, 0.25) is 0 Å². The van der Waals surface area contributed by atoms with Gasteiger partial charge in [-0.05, 0) is 24.6 Å². The zero-order valence-electron chi connectivity index (χ0n) is 14.1. The summed E-state index contributed by atoms with van der Waals surface area (Å²) in [4.78, 5) is 35.8. The topological polar surface area (TPSA) is 81.7 Å². The molecule has 0 aliphatic carbocycles. The summed E-state index contributed by atoms with van der Waals surface area (Å²) in [6.45, 7) is 4.23. The number of halogens is 3. The molecular formula is C17H18F3NO5. The summed E-state index contributed by atoms with van der Waals surface area (Å²) < 4.78 is 48.2. The summed E-state index contributed by atoms with van der Waals surface area (Å²) in [6, 6.07) is 2.54. The Kier molecular flexibility index (Phi) is 7.36. The quantitative estimate of drug-likeness (QED) is 0.451. The smallest absolute Gasteiger partial charge is 0.416 e. The van der Waals surface area contributed by atoms with Crippen molar-refractivity contribution in [3.63, 3.8) is 0 Å². The molecule has 1 N–H and O–H groups in total. The summed E-state index contributed by atoms with van der Waals surface area (Å²) >= 11 is 0. The van der Waals surface area contributed by atoms with Gasteiger partial charge in [-0.1, -0.05) is 24.8 Å². The number of ether oxygens (including phenoxy) is 2. The molecule has 9 heteroatoms. The molecule has 1 rings (SSSR count). The summed E-state index contributed by atoms with van der Waals surface area (Å²) in [5, 5.41) is 2.22. The second-order valence-corrected chi connectivity index (χ2v) is 5.24. The van der Waals surface area contributed by atoms with E-state index in [1.165, 1.54) is 12.1 Å². The van der Waals surface area contributed by atoms with E-state index in [0.29, 0.717) is 0 Å². The Morgan fingerprint density at radius 1 is 1.31 bits per heavy atom. The third kappa shape index (κ3) is 5.61. The second kappa shape index (κ2) is 9.02. The highest BCUT2D eigenvalue weighted by molar-refractivity contribution is 5.99. The third-order valence-electron chi connectivity index (χ3n) is 3.40. The molecule has 0 spiro atoms. The molecule has 0 bridgehead atoms. The van der Waals surface area contributed by atoms with Crippen LogP contribution in [0.15, 0.2) is 36.9 Å². The van der Waals surface area contributed by atoms with Crippen LogP contribution in [0, 0.1) is 5.92 Å². The monoisotopic (exact) mass is 373 g/mol. The van der Waals surface area contributed by atoms with Gasteiger partial charge in [-0.15, -0.1) is 0 Å². The fourth-order valence-corrected chi connectivity index (χ4v) is 2.22. The number of ketones is 1. The number of rotatable bonds is 7. The zero-order chi connectivity index (χ0) is 19.9. The average Bonchev–Trinajstić information content (AvgIpc) is 2.58. The van der Waals surface area contributed by atoms with Gasteiger partial charge >= 0.3 is 18.2 Å². The molecule has 1 aromatic carbocycles. The Morgan fingerprint density at radius 2 is 1.96 bits per heavy atom. The van der Waals surface area contributed by atoms with Gasteiger partial charge in [0.05, 0.1) is 18.7 Å². The average molecular weight is 373 g/mol. The van der Waals surface area contributed by atoms with Crippen LogP contribution in [0.25, 0.3) is 0 Å². The molecule has 142 valence electrons. The molecule has 0 saturated heterocycles. The van der Waals surface area contributed by atoms with Crippen LogP contribution in [-0.2, 0) is 25.2 Å². The van der Waals surface area contributed by atoms with Crippen LogP contribution < -0.4 is 5.32 Å². The summed E-state index contributed by atoms with van der Waals surface area (Å²) in [5.41, 5.74) is -1.09. The second-order valence-electron chi connectivity index (χ2n) is 5.24. The van der Waals surface area contributed by atoms with E-state index in [9.17, 15) is 27.6 Å². The molecule has 1 aromatic rings. The van der Waals surface area contributed by atoms with Gasteiger partial charge in [-0.2, -0.15) is 13.2 Å². The van der Waals surface area contributed by atoms with Gasteiger partial charge in [0.15, 0.2) is 0 Å². The van der Waals surface area contributed by atoms with Gasteiger partial charge in [0.1, 0.15) is 18.3 Å². The Hall–Kier alpha value is -2.84. The molecule has 0 aliphatic rings. The molecule has 1 unspecified atom stereocenters. The van der Waals surface area contributed by atoms with Crippen LogP contribution in [0.4, 0.5) is 18.0 Å². The van der Waals surface area contributed by atoms with E-state index in [0.717, 1.165) is 32.2 Å². The van der Waals surface area contributed by atoms with Crippen molar-refractivity contribution in [3.05, 3.63) is 48.0 Å². The number of carbonyl (C=O) groups is 3. The van der Waals surface area contributed by atoms with Crippen LogP contribution in [0.3, 0.4) is 0 Å². The Bertz CT molecular complexity index is 687. The van der Waals surface area contributed by atoms with E-state index in [1.807, 2.05) is 0 Å². The number of Topliss-reactive ketones (excluding diaryl/α,β-unsaturated/α-hetero) is 1. The molecule has 0 aliphatic heterocycles. The maximum absolute atomic E-state index is 13.0. The molecule has 0 fully saturated rings. The number of carbonyl (C=O) groups excluding carboxylic acids is 3. The molecular weight excluding hydrogens is 355 g/mol. The lowest BCUT2D eigenvalue weighted by atomic mass is 9.89. The number of methoxy groups -OCH3 is 1. The summed E-state index contributed by atoms with van der Waals surface area (Å²) in [7, 11) is 1.04. The lowest BCUT2D eigenvalue weighted by molar-refractivity contribution is -0.151. The fraction of sp³-hybridized carbons (Fsp3) is 0.353. The van der Waals surface area contributed by atoms with Crippen LogP contribution >= 0.6 is 0 Å².